The fourth-order valence-electron chi connectivity index (χ4n) is 4.11. The second-order valence-electron chi connectivity index (χ2n) is 8.00. The maximum absolute atomic E-state index is 13.9. The summed E-state index contributed by atoms with van der Waals surface area (Å²) in [5, 5.41) is 9.60. The number of sulfonamides is 1. The van der Waals surface area contributed by atoms with Gasteiger partial charge in [0, 0.05) is 19.6 Å². The Balaban J connectivity index is 0.00000432. The van der Waals surface area contributed by atoms with Gasteiger partial charge in [0.25, 0.3) is 5.91 Å². The highest BCUT2D eigenvalue weighted by atomic mass is 35.5. The smallest absolute Gasteiger partial charge is 0.319 e. The molecule has 1 heterocycles. The highest BCUT2D eigenvalue weighted by Crippen LogP contribution is 2.36. The van der Waals surface area contributed by atoms with Crippen LogP contribution in [0.25, 0.3) is 0 Å². The van der Waals surface area contributed by atoms with Crippen molar-refractivity contribution in [3.05, 3.63) is 60.2 Å². The number of carbonyl (C=O) groups is 2. The van der Waals surface area contributed by atoms with Crippen molar-refractivity contribution in [1.29, 1.82) is 0 Å². The van der Waals surface area contributed by atoms with Gasteiger partial charge in [0.15, 0.2) is 0 Å². The highest BCUT2D eigenvalue weighted by molar-refractivity contribution is 7.89. The van der Waals surface area contributed by atoms with Crippen molar-refractivity contribution in [1.82, 2.24) is 14.7 Å². The van der Waals surface area contributed by atoms with Crippen molar-refractivity contribution >= 4 is 34.3 Å². The predicted molar refractivity (Wildman–Crippen MR) is 130 cm³/mol. The predicted octanol–water partition coefficient (Wildman–Crippen LogP) is 1.82. The molecule has 1 amide bonds. The molecule has 10 nitrogen and oxygen atoms in total. The third-order valence-corrected chi connectivity index (χ3v) is 8.01. The van der Waals surface area contributed by atoms with E-state index in [4.69, 9.17) is 9.47 Å². The lowest BCUT2D eigenvalue weighted by Gasteiger charge is -2.46. The van der Waals surface area contributed by atoms with Gasteiger partial charge in [-0.15, -0.1) is 12.4 Å². The van der Waals surface area contributed by atoms with Gasteiger partial charge in [-0.25, -0.2) is 13.9 Å². The van der Waals surface area contributed by atoms with Gasteiger partial charge in [-0.3, -0.25) is 19.7 Å². The summed E-state index contributed by atoms with van der Waals surface area (Å²) < 4.78 is 38.8. The summed E-state index contributed by atoms with van der Waals surface area (Å²) >= 11 is 0. The summed E-state index contributed by atoms with van der Waals surface area (Å²) in [5.41, 5.74) is 0.784. The van der Waals surface area contributed by atoms with Crippen LogP contribution in [0.4, 0.5) is 0 Å². The SMILES string of the molecule is COC(=O)CN1CCC(C(=O)NO)(N(Cc2ccccc2)S(=O)(=O)c2ccc(OC)cc2)CC1.Cl. The Morgan fingerprint density at radius 2 is 1.66 bits per heavy atom. The average Bonchev–Trinajstić information content (AvgIpc) is 2.88. The number of benzene rings is 2. The average molecular weight is 528 g/mol. The van der Waals surface area contributed by atoms with E-state index in [9.17, 15) is 23.2 Å². The van der Waals surface area contributed by atoms with Crippen LogP contribution in [0, 0.1) is 0 Å². The number of hydrogen-bond acceptors (Lipinski definition) is 8. The van der Waals surface area contributed by atoms with E-state index in [0.29, 0.717) is 11.3 Å². The molecule has 192 valence electrons. The number of methoxy groups -OCH3 is 2. The Hall–Kier alpha value is -2.70. The summed E-state index contributed by atoms with van der Waals surface area (Å²) in [6.07, 6.45) is 0.136. The van der Waals surface area contributed by atoms with Crippen molar-refractivity contribution < 1.29 is 32.7 Å². The van der Waals surface area contributed by atoms with E-state index in [1.807, 2.05) is 6.07 Å². The Morgan fingerprint density at radius 3 is 2.17 bits per heavy atom. The molecule has 0 aromatic heterocycles. The molecule has 2 aromatic carbocycles. The van der Waals surface area contributed by atoms with E-state index in [-0.39, 0.29) is 56.3 Å². The molecule has 1 saturated heterocycles. The van der Waals surface area contributed by atoms with E-state index in [1.54, 1.807) is 34.6 Å². The lowest BCUT2D eigenvalue weighted by molar-refractivity contribution is -0.145. The molecule has 0 spiro atoms. The minimum Gasteiger partial charge on any atom is -0.497 e. The van der Waals surface area contributed by atoms with Crippen LogP contribution < -0.4 is 10.2 Å². The van der Waals surface area contributed by atoms with Crippen molar-refractivity contribution in [2.24, 2.45) is 0 Å². The number of carbonyl (C=O) groups excluding carboxylic acids is 2. The topological polar surface area (TPSA) is 125 Å². The molecule has 0 aliphatic carbocycles. The quantitative estimate of drug-likeness (QED) is 0.287. The van der Waals surface area contributed by atoms with Crippen LogP contribution in [0.2, 0.25) is 0 Å². The highest BCUT2D eigenvalue weighted by Gasteiger charge is 2.51. The molecule has 1 aliphatic heterocycles. The Labute approximate surface area is 211 Å². The number of amides is 1. The fraction of sp³-hybridized carbons (Fsp3) is 0.391. The second kappa shape index (κ2) is 12.3. The lowest BCUT2D eigenvalue weighted by atomic mass is 9.86. The first kappa shape index (κ1) is 28.5. The summed E-state index contributed by atoms with van der Waals surface area (Å²) in [6.45, 7) is 0.453. The Morgan fingerprint density at radius 1 is 1.06 bits per heavy atom. The zero-order valence-electron chi connectivity index (χ0n) is 19.5. The summed E-state index contributed by atoms with van der Waals surface area (Å²) in [4.78, 5) is 26.6. The minimum atomic E-state index is -4.19. The first-order chi connectivity index (χ1) is 16.3. The van der Waals surface area contributed by atoms with E-state index < -0.39 is 27.4 Å². The number of hydrogen-bond donors (Lipinski definition) is 2. The van der Waals surface area contributed by atoms with Gasteiger partial charge in [0.2, 0.25) is 10.0 Å². The molecule has 1 fully saturated rings. The van der Waals surface area contributed by atoms with Gasteiger partial charge >= 0.3 is 5.97 Å². The van der Waals surface area contributed by atoms with Gasteiger partial charge in [-0.2, -0.15) is 4.31 Å². The number of hydroxylamine groups is 1. The van der Waals surface area contributed by atoms with Gasteiger partial charge in [-0.1, -0.05) is 30.3 Å². The zero-order chi connectivity index (χ0) is 24.8. The van der Waals surface area contributed by atoms with Crippen molar-refractivity contribution in [2.45, 2.75) is 29.8 Å². The normalized spacial score (nSPS) is 15.7. The molecule has 3 rings (SSSR count). The number of nitrogens with zero attached hydrogens (tertiary/aromatic N) is 2. The molecule has 2 aromatic rings. The molecule has 0 unspecified atom stereocenters. The van der Waals surface area contributed by atoms with Gasteiger partial charge in [-0.05, 0) is 42.7 Å². The van der Waals surface area contributed by atoms with Crippen LogP contribution in [0.3, 0.4) is 0 Å². The minimum absolute atomic E-state index is 0. The van der Waals surface area contributed by atoms with Crippen molar-refractivity contribution in [3.8, 4) is 5.75 Å². The van der Waals surface area contributed by atoms with Crippen LogP contribution in [-0.2, 0) is 30.9 Å². The number of halogens is 1. The first-order valence-electron chi connectivity index (χ1n) is 10.7. The molecular formula is C23H30ClN3O7S. The van der Waals surface area contributed by atoms with Gasteiger partial charge in [0.1, 0.15) is 11.3 Å². The largest absolute Gasteiger partial charge is 0.497 e. The summed E-state index contributed by atoms with van der Waals surface area (Å²) in [5.74, 6) is -0.753. The Kier molecular flexibility index (Phi) is 10.0. The molecule has 0 radical (unpaired) electrons. The third kappa shape index (κ3) is 6.30. The third-order valence-electron chi connectivity index (χ3n) is 6.08. The van der Waals surface area contributed by atoms with Gasteiger partial charge in [0.05, 0.1) is 25.7 Å². The maximum Gasteiger partial charge on any atom is 0.319 e. The van der Waals surface area contributed by atoms with Gasteiger partial charge < -0.3 is 9.47 Å². The van der Waals surface area contributed by atoms with E-state index in [0.717, 1.165) is 4.31 Å². The zero-order valence-corrected chi connectivity index (χ0v) is 21.2. The van der Waals surface area contributed by atoms with Crippen LogP contribution in [0.5, 0.6) is 5.75 Å². The number of piperidine rings is 1. The lowest BCUT2D eigenvalue weighted by Crippen LogP contribution is -2.64. The number of esters is 1. The number of ether oxygens (including phenoxy) is 2. The molecule has 2 N–H and O–H groups in total. The summed E-state index contributed by atoms with van der Waals surface area (Å²) in [7, 11) is -1.42. The van der Waals surface area contributed by atoms with Crippen molar-refractivity contribution in [2.75, 3.05) is 33.9 Å². The molecule has 0 bridgehead atoms. The van der Waals surface area contributed by atoms with Crippen LogP contribution >= 0.6 is 12.4 Å². The van der Waals surface area contributed by atoms with E-state index in [2.05, 4.69) is 0 Å². The molecule has 0 saturated carbocycles. The standard InChI is InChI=1S/C23H29N3O7S.ClH/c1-32-19-8-10-20(11-9-19)34(30,31)26(16-18-6-4-3-5-7-18)23(22(28)24-29)12-14-25(15-13-23)17-21(27)33-2;/h3-11,29H,12-17H2,1-2H3,(H,24,28);1H. The van der Waals surface area contributed by atoms with Crippen molar-refractivity contribution in [3.63, 3.8) is 0 Å². The number of likely N-dealkylation sites (tertiary alicyclic amines) is 1. The Bertz CT molecular complexity index is 1090. The molecule has 0 atom stereocenters. The van der Waals surface area contributed by atoms with Crippen LogP contribution in [-0.4, -0.2) is 74.1 Å². The molecular weight excluding hydrogens is 498 g/mol. The molecule has 35 heavy (non-hydrogen) atoms. The second-order valence-corrected chi connectivity index (χ2v) is 9.86. The first-order valence-corrected chi connectivity index (χ1v) is 12.2. The fourth-order valence-corrected chi connectivity index (χ4v) is 5.89. The van der Waals surface area contributed by atoms with E-state index >= 15 is 0 Å². The van der Waals surface area contributed by atoms with Crippen LogP contribution in [0.1, 0.15) is 18.4 Å². The molecule has 12 heteroatoms. The summed E-state index contributed by atoms with van der Waals surface area (Å²) in [6, 6.07) is 14.8. The maximum atomic E-state index is 13.9. The molecule has 1 aliphatic rings. The number of rotatable bonds is 9. The van der Waals surface area contributed by atoms with Crippen LogP contribution in [0.15, 0.2) is 59.5 Å². The number of nitrogens with one attached hydrogen (secondary N) is 1. The monoisotopic (exact) mass is 527 g/mol. The van der Waals surface area contributed by atoms with E-state index in [1.165, 1.54) is 38.5 Å².